The van der Waals surface area contributed by atoms with E-state index in [9.17, 15) is 0 Å². The number of aromatic nitrogens is 2. The lowest BCUT2D eigenvalue weighted by molar-refractivity contribution is 0.408. The smallest absolute Gasteiger partial charge is 0.239 e. The lowest BCUT2D eigenvalue weighted by Gasteiger charge is -2.10. The van der Waals surface area contributed by atoms with Gasteiger partial charge in [-0.05, 0) is 44.0 Å². The molecule has 0 saturated carbocycles. The Labute approximate surface area is 126 Å². The Morgan fingerprint density at radius 2 is 1.78 bits per heavy atom. The molecule has 0 bridgehead atoms. The quantitative estimate of drug-likeness (QED) is 0.771. The standard InChI is InChI=1S/C11H7Br2ClN2O2/c1-17-8-2-7(13)9(3-6(8)12)18-11-5-15-4-10(14)16-11/h2-5H,1H3. The molecule has 0 radical (unpaired) electrons. The molecule has 2 rings (SSSR count). The van der Waals surface area contributed by atoms with Gasteiger partial charge in [0.1, 0.15) is 11.5 Å². The third-order valence-corrected chi connectivity index (χ3v) is 3.43. The monoisotopic (exact) mass is 392 g/mol. The molecular weight excluding hydrogens is 387 g/mol. The van der Waals surface area contributed by atoms with E-state index in [1.165, 1.54) is 12.4 Å². The van der Waals surface area contributed by atoms with E-state index in [1.54, 1.807) is 19.2 Å². The van der Waals surface area contributed by atoms with Gasteiger partial charge in [-0.3, -0.25) is 4.98 Å². The molecule has 7 heteroatoms. The second-order valence-electron chi connectivity index (χ2n) is 3.20. The van der Waals surface area contributed by atoms with Gasteiger partial charge in [0.25, 0.3) is 0 Å². The molecule has 0 amide bonds. The Kier molecular flexibility index (Phi) is 4.42. The number of nitrogens with zero attached hydrogens (tertiary/aromatic N) is 2. The highest BCUT2D eigenvalue weighted by atomic mass is 79.9. The van der Waals surface area contributed by atoms with E-state index in [1.807, 2.05) is 0 Å². The van der Waals surface area contributed by atoms with Gasteiger partial charge in [-0.2, -0.15) is 4.98 Å². The molecule has 4 nitrogen and oxygen atoms in total. The highest BCUT2D eigenvalue weighted by Gasteiger charge is 2.10. The van der Waals surface area contributed by atoms with E-state index in [4.69, 9.17) is 21.1 Å². The van der Waals surface area contributed by atoms with Gasteiger partial charge in [0.15, 0.2) is 5.15 Å². The summed E-state index contributed by atoms with van der Waals surface area (Å²) in [5, 5.41) is 0.274. The molecule has 94 valence electrons. The molecule has 0 fully saturated rings. The van der Waals surface area contributed by atoms with Crippen molar-refractivity contribution in [3.05, 3.63) is 38.6 Å². The molecule has 0 aliphatic carbocycles. The van der Waals surface area contributed by atoms with Gasteiger partial charge in [0.2, 0.25) is 5.88 Å². The number of benzene rings is 1. The van der Waals surface area contributed by atoms with Gasteiger partial charge < -0.3 is 9.47 Å². The van der Waals surface area contributed by atoms with Gasteiger partial charge in [-0.15, -0.1) is 0 Å². The maximum Gasteiger partial charge on any atom is 0.239 e. The van der Waals surface area contributed by atoms with Crippen molar-refractivity contribution in [3.63, 3.8) is 0 Å². The molecule has 2 aromatic rings. The molecule has 0 spiro atoms. The minimum absolute atomic E-state index is 0.274. The number of hydrogen-bond acceptors (Lipinski definition) is 4. The first-order valence-electron chi connectivity index (χ1n) is 4.78. The summed E-state index contributed by atoms with van der Waals surface area (Å²) in [7, 11) is 1.59. The van der Waals surface area contributed by atoms with Crippen molar-refractivity contribution in [2.45, 2.75) is 0 Å². The molecule has 18 heavy (non-hydrogen) atoms. The lowest BCUT2D eigenvalue weighted by Crippen LogP contribution is -1.92. The topological polar surface area (TPSA) is 44.2 Å². The van der Waals surface area contributed by atoms with Crippen LogP contribution in [0.5, 0.6) is 17.4 Å². The first-order chi connectivity index (χ1) is 8.60. The van der Waals surface area contributed by atoms with Gasteiger partial charge in [-0.25, -0.2) is 0 Å². The number of hydrogen-bond donors (Lipinski definition) is 0. The van der Waals surface area contributed by atoms with Crippen molar-refractivity contribution in [2.75, 3.05) is 7.11 Å². The summed E-state index contributed by atoms with van der Waals surface area (Å²) in [6, 6.07) is 3.56. The summed E-state index contributed by atoms with van der Waals surface area (Å²) >= 11 is 12.5. The predicted octanol–water partition coefficient (Wildman–Crippen LogP) is 4.46. The summed E-state index contributed by atoms with van der Waals surface area (Å²) in [4.78, 5) is 7.89. The van der Waals surface area contributed by atoms with Crippen LogP contribution in [0.15, 0.2) is 33.5 Å². The van der Waals surface area contributed by atoms with Crippen LogP contribution in [0.3, 0.4) is 0 Å². The zero-order chi connectivity index (χ0) is 13.1. The van der Waals surface area contributed by atoms with Crippen LogP contribution < -0.4 is 9.47 Å². The van der Waals surface area contributed by atoms with E-state index in [0.29, 0.717) is 17.4 Å². The van der Waals surface area contributed by atoms with Crippen molar-refractivity contribution in [1.29, 1.82) is 0 Å². The van der Waals surface area contributed by atoms with Crippen LogP contribution in [0.2, 0.25) is 5.15 Å². The molecule has 0 aliphatic rings. The molecule has 0 aliphatic heterocycles. The minimum atomic E-state index is 0.274. The van der Waals surface area contributed by atoms with Crippen LogP contribution in [-0.2, 0) is 0 Å². The Bertz CT molecular complexity index is 581. The third-order valence-electron chi connectivity index (χ3n) is 2.00. The van der Waals surface area contributed by atoms with Gasteiger partial charge in [0.05, 0.1) is 28.4 Å². The zero-order valence-electron chi connectivity index (χ0n) is 9.15. The fraction of sp³-hybridized carbons (Fsp3) is 0.0909. The van der Waals surface area contributed by atoms with Crippen molar-refractivity contribution in [1.82, 2.24) is 9.97 Å². The van der Waals surface area contributed by atoms with Crippen molar-refractivity contribution in [3.8, 4) is 17.4 Å². The first-order valence-corrected chi connectivity index (χ1v) is 6.75. The Morgan fingerprint density at radius 1 is 1.11 bits per heavy atom. The molecule has 1 aromatic carbocycles. The molecular formula is C11H7Br2ClN2O2. The average molecular weight is 394 g/mol. The van der Waals surface area contributed by atoms with Gasteiger partial charge in [-0.1, -0.05) is 11.6 Å². The van der Waals surface area contributed by atoms with E-state index >= 15 is 0 Å². The van der Waals surface area contributed by atoms with Crippen molar-refractivity contribution in [2.24, 2.45) is 0 Å². The molecule has 0 atom stereocenters. The Balaban J connectivity index is 2.32. The largest absolute Gasteiger partial charge is 0.496 e. The second kappa shape index (κ2) is 5.86. The van der Waals surface area contributed by atoms with Crippen LogP contribution in [0.25, 0.3) is 0 Å². The second-order valence-corrected chi connectivity index (χ2v) is 5.30. The molecule has 1 aromatic heterocycles. The summed E-state index contributed by atoms with van der Waals surface area (Å²) in [5.74, 6) is 1.60. The first kappa shape index (κ1) is 13.6. The lowest BCUT2D eigenvalue weighted by atomic mass is 10.3. The molecule has 0 saturated heterocycles. The van der Waals surface area contributed by atoms with Crippen LogP contribution in [0, 0.1) is 0 Å². The van der Waals surface area contributed by atoms with Crippen LogP contribution >= 0.6 is 43.5 Å². The number of rotatable bonds is 3. The highest BCUT2D eigenvalue weighted by molar-refractivity contribution is 9.11. The van der Waals surface area contributed by atoms with Crippen LogP contribution in [0.4, 0.5) is 0 Å². The third kappa shape index (κ3) is 3.13. The van der Waals surface area contributed by atoms with Crippen LogP contribution in [0.1, 0.15) is 0 Å². The normalized spacial score (nSPS) is 10.2. The highest BCUT2D eigenvalue weighted by Crippen LogP contribution is 2.37. The van der Waals surface area contributed by atoms with Gasteiger partial charge >= 0.3 is 0 Å². The summed E-state index contributed by atoms with van der Waals surface area (Å²) in [6.07, 6.45) is 2.92. The number of ether oxygens (including phenoxy) is 2. The number of methoxy groups -OCH3 is 1. The zero-order valence-corrected chi connectivity index (χ0v) is 13.1. The summed E-state index contributed by atoms with van der Waals surface area (Å²) in [6.45, 7) is 0. The average Bonchev–Trinajstić information content (AvgIpc) is 2.33. The minimum Gasteiger partial charge on any atom is -0.496 e. The Morgan fingerprint density at radius 3 is 2.44 bits per heavy atom. The fourth-order valence-corrected chi connectivity index (χ4v) is 2.26. The maximum absolute atomic E-state index is 5.74. The fourth-order valence-electron chi connectivity index (χ4n) is 1.23. The number of halogens is 3. The maximum atomic E-state index is 5.74. The van der Waals surface area contributed by atoms with E-state index < -0.39 is 0 Å². The summed E-state index contributed by atoms with van der Waals surface area (Å²) in [5.41, 5.74) is 0. The van der Waals surface area contributed by atoms with E-state index in [-0.39, 0.29) is 5.15 Å². The summed E-state index contributed by atoms with van der Waals surface area (Å²) < 4.78 is 12.3. The van der Waals surface area contributed by atoms with E-state index in [2.05, 4.69) is 41.8 Å². The van der Waals surface area contributed by atoms with Crippen LogP contribution in [-0.4, -0.2) is 17.1 Å². The van der Waals surface area contributed by atoms with Gasteiger partial charge in [0, 0.05) is 0 Å². The SMILES string of the molecule is COc1cc(Br)c(Oc2cncc(Cl)n2)cc1Br. The Hall–Kier alpha value is -0.850. The van der Waals surface area contributed by atoms with E-state index in [0.717, 1.165) is 8.95 Å². The molecule has 0 N–H and O–H groups in total. The van der Waals surface area contributed by atoms with Crippen molar-refractivity contribution >= 4 is 43.5 Å². The van der Waals surface area contributed by atoms with Crippen molar-refractivity contribution < 1.29 is 9.47 Å². The molecule has 0 unspecified atom stereocenters. The predicted molar refractivity (Wildman–Crippen MR) is 75.5 cm³/mol. The molecule has 1 heterocycles.